The van der Waals surface area contributed by atoms with Crippen molar-refractivity contribution in [1.82, 2.24) is 19.7 Å². The van der Waals surface area contributed by atoms with E-state index in [1.807, 2.05) is 49.2 Å². The zero-order valence-corrected chi connectivity index (χ0v) is 16.9. The molecule has 0 fully saturated rings. The number of halogens is 2. The maximum Gasteiger partial charge on any atom is 0.227 e. The van der Waals surface area contributed by atoms with Gasteiger partial charge in [-0.05, 0) is 30.7 Å². The summed E-state index contributed by atoms with van der Waals surface area (Å²) in [6.07, 6.45) is 0. The van der Waals surface area contributed by atoms with E-state index in [0.29, 0.717) is 40.6 Å². The Balaban J connectivity index is 1.93. The van der Waals surface area contributed by atoms with Gasteiger partial charge in [0.25, 0.3) is 0 Å². The molecule has 6 nitrogen and oxygen atoms in total. The lowest BCUT2D eigenvalue weighted by molar-refractivity contribution is 0.628. The molecular formula is C21H20ClFN6. The van der Waals surface area contributed by atoms with Gasteiger partial charge >= 0.3 is 0 Å². The summed E-state index contributed by atoms with van der Waals surface area (Å²) in [5.41, 5.74) is 9.23. The second-order valence-corrected chi connectivity index (χ2v) is 7.15. The van der Waals surface area contributed by atoms with Crippen LogP contribution >= 0.6 is 11.6 Å². The van der Waals surface area contributed by atoms with Crippen molar-refractivity contribution in [2.24, 2.45) is 0 Å². The standard InChI is InChI=1S/C21H20ClFN6/c1-3-28(2)21-25-18(14-9-10-16(23)15(22)11-14)17-19(24)29(27-20(17)26-21)12-13-7-5-4-6-8-13/h4-11H,3,12,24H2,1-2H3. The summed E-state index contributed by atoms with van der Waals surface area (Å²) < 4.78 is 15.4. The van der Waals surface area contributed by atoms with Crippen LogP contribution in [0.5, 0.6) is 0 Å². The second kappa shape index (κ2) is 7.67. The van der Waals surface area contributed by atoms with Crippen LogP contribution in [-0.4, -0.2) is 33.3 Å². The van der Waals surface area contributed by atoms with E-state index in [9.17, 15) is 4.39 Å². The highest BCUT2D eigenvalue weighted by Crippen LogP contribution is 2.34. The summed E-state index contributed by atoms with van der Waals surface area (Å²) >= 11 is 6.02. The van der Waals surface area contributed by atoms with Crippen LogP contribution in [0.1, 0.15) is 12.5 Å². The lowest BCUT2D eigenvalue weighted by Gasteiger charge is -2.15. The molecule has 2 aromatic carbocycles. The van der Waals surface area contributed by atoms with E-state index in [1.54, 1.807) is 16.8 Å². The van der Waals surface area contributed by atoms with Crippen LogP contribution in [0.2, 0.25) is 5.02 Å². The minimum Gasteiger partial charge on any atom is -0.383 e. The Labute approximate surface area is 172 Å². The Hall–Kier alpha value is -3.19. The number of nitrogen functional groups attached to an aromatic ring is 1. The van der Waals surface area contributed by atoms with Gasteiger partial charge in [0.1, 0.15) is 11.6 Å². The van der Waals surface area contributed by atoms with Gasteiger partial charge in [-0.25, -0.2) is 14.1 Å². The van der Waals surface area contributed by atoms with Crippen molar-refractivity contribution in [3.63, 3.8) is 0 Å². The Bertz CT molecular complexity index is 1170. The molecule has 0 saturated carbocycles. The first-order valence-electron chi connectivity index (χ1n) is 9.22. The van der Waals surface area contributed by atoms with Crippen molar-refractivity contribution < 1.29 is 4.39 Å². The number of nitrogens with two attached hydrogens (primary N) is 1. The minimum absolute atomic E-state index is 0.0231. The molecule has 0 amide bonds. The van der Waals surface area contributed by atoms with E-state index >= 15 is 0 Å². The maximum atomic E-state index is 13.7. The van der Waals surface area contributed by atoms with E-state index in [2.05, 4.69) is 10.1 Å². The molecule has 0 radical (unpaired) electrons. The third-order valence-corrected chi connectivity index (χ3v) is 5.10. The number of benzene rings is 2. The van der Waals surface area contributed by atoms with Crippen molar-refractivity contribution in [1.29, 1.82) is 0 Å². The molecule has 0 aliphatic rings. The van der Waals surface area contributed by atoms with Gasteiger partial charge in [0.2, 0.25) is 5.95 Å². The average molecular weight is 411 g/mol. The van der Waals surface area contributed by atoms with E-state index in [1.165, 1.54) is 6.07 Å². The van der Waals surface area contributed by atoms with Gasteiger partial charge in [0.05, 0.1) is 22.6 Å². The van der Waals surface area contributed by atoms with Gasteiger partial charge in [-0.2, -0.15) is 4.98 Å². The molecule has 2 N–H and O–H groups in total. The van der Waals surface area contributed by atoms with Gasteiger partial charge < -0.3 is 10.6 Å². The third kappa shape index (κ3) is 3.61. The monoisotopic (exact) mass is 410 g/mol. The van der Waals surface area contributed by atoms with Crippen LogP contribution in [0.3, 0.4) is 0 Å². The van der Waals surface area contributed by atoms with Crippen LogP contribution in [0, 0.1) is 5.82 Å². The Morgan fingerprint density at radius 2 is 1.90 bits per heavy atom. The molecule has 2 aromatic heterocycles. The molecule has 0 aliphatic heterocycles. The van der Waals surface area contributed by atoms with Crippen LogP contribution in [0.4, 0.5) is 16.2 Å². The molecule has 148 valence electrons. The highest BCUT2D eigenvalue weighted by Gasteiger charge is 2.20. The van der Waals surface area contributed by atoms with E-state index in [0.717, 1.165) is 12.1 Å². The molecule has 2 heterocycles. The highest BCUT2D eigenvalue weighted by molar-refractivity contribution is 6.31. The topological polar surface area (TPSA) is 72.9 Å². The van der Waals surface area contributed by atoms with E-state index in [4.69, 9.17) is 22.3 Å². The van der Waals surface area contributed by atoms with Gasteiger partial charge in [0, 0.05) is 19.2 Å². The molecule has 0 spiro atoms. The molecule has 29 heavy (non-hydrogen) atoms. The molecule has 4 rings (SSSR count). The number of fused-ring (bicyclic) bond motifs is 1. The van der Waals surface area contributed by atoms with Gasteiger partial charge in [0.15, 0.2) is 5.65 Å². The Morgan fingerprint density at radius 1 is 1.14 bits per heavy atom. The second-order valence-electron chi connectivity index (χ2n) is 6.74. The predicted octanol–water partition coefficient (Wildman–Crippen LogP) is 4.37. The highest BCUT2D eigenvalue weighted by atomic mass is 35.5. The zero-order valence-electron chi connectivity index (χ0n) is 16.1. The molecule has 8 heteroatoms. The predicted molar refractivity (Wildman–Crippen MR) is 115 cm³/mol. The van der Waals surface area contributed by atoms with E-state index in [-0.39, 0.29) is 5.02 Å². The third-order valence-electron chi connectivity index (χ3n) is 4.81. The van der Waals surface area contributed by atoms with Gasteiger partial charge in [-0.1, -0.05) is 41.9 Å². The summed E-state index contributed by atoms with van der Waals surface area (Å²) in [6.45, 7) is 3.23. The number of rotatable bonds is 5. The Kier molecular flexibility index (Phi) is 5.07. The number of hydrogen-bond acceptors (Lipinski definition) is 5. The summed E-state index contributed by atoms with van der Waals surface area (Å²) in [7, 11) is 1.90. The Morgan fingerprint density at radius 3 is 2.59 bits per heavy atom. The van der Waals surface area contributed by atoms with Crippen LogP contribution in [-0.2, 0) is 6.54 Å². The number of nitrogens with zero attached hydrogens (tertiary/aromatic N) is 5. The normalized spacial score (nSPS) is 11.2. The first kappa shape index (κ1) is 19.1. The smallest absolute Gasteiger partial charge is 0.227 e. The van der Waals surface area contributed by atoms with Gasteiger partial charge in [-0.3, -0.25) is 0 Å². The average Bonchev–Trinajstić information content (AvgIpc) is 3.05. The molecule has 0 saturated heterocycles. The van der Waals surface area contributed by atoms with Crippen molar-refractivity contribution >= 4 is 34.4 Å². The van der Waals surface area contributed by atoms with Crippen molar-refractivity contribution in [3.05, 3.63) is 64.9 Å². The van der Waals surface area contributed by atoms with Crippen LogP contribution in [0.15, 0.2) is 48.5 Å². The number of hydrogen-bond donors (Lipinski definition) is 1. The molecular weight excluding hydrogens is 391 g/mol. The van der Waals surface area contributed by atoms with Crippen molar-refractivity contribution in [3.8, 4) is 11.3 Å². The number of anilines is 2. The lowest BCUT2D eigenvalue weighted by atomic mass is 10.1. The van der Waals surface area contributed by atoms with Crippen LogP contribution < -0.4 is 10.6 Å². The summed E-state index contributed by atoms with van der Waals surface area (Å²) in [5.74, 6) is 0.476. The largest absolute Gasteiger partial charge is 0.383 e. The SMILES string of the molecule is CCN(C)c1nc(-c2ccc(F)c(Cl)c2)c2c(N)n(Cc3ccccc3)nc2n1. The molecule has 0 bridgehead atoms. The summed E-state index contributed by atoms with van der Waals surface area (Å²) in [5, 5.41) is 5.26. The molecule has 0 unspecified atom stereocenters. The zero-order chi connectivity index (χ0) is 20.5. The fraction of sp³-hybridized carbons (Fsp3) is 0.190. The quantitative estimate of drug-likeness (QED) is 0.528. The maximum absolute atomic E-state index is 13.7. The first-order valence-corrected chi connectivity index (χ1v) is 9.60. The van der Waals surface area contributed by atoms with E-state index < -0.39 is 5.82 Å². The van der Waals surface area contributed by atoms with Crippen molar-refractivity contribution in [2.45, 2.75) is 13.5 Å². The first-order chi connectivity index (χ1) is 14.0. The fourth-order valence-electron chi connectivity index (χ4n) is 3.08. The number of aromatic nitrogens is 4. The lowest BCUT2D eigenvalue weighted by Crippen LogP contribution is -2.19. The van der Waals surface area contributed by atoms with Gasteiger partial charge in [-0.15, -0.1) is 5.10 Å². The fourth-order valence-corrected chi connectivity index (χ4v) is 3.26. The van der Waals surface area contributed by atoms with Crippen LogP contribution in [0.25, 0.3) is 22.3 Å². The minimum atomic E-state index is -0.487. The molecule has 0 aliphatic carbocycles. The molecule has 4 aromatic rings. The van der Waals surface area contributed by atoms with Crippen molar-refractivity contribution in [2.75, 3.05) is 24.2 Å². The summed E-state index contributed by atoms with van der Waals surface area (Å²) in [4.78, 5) is 11.2. The summed E-state index contributed by atoms with van der Waals surface area (Å²) in [6, 6.07) is 14.4. The molecule has 0 atom stereocenters.